The molecule has 1 aliphatic carbocycles. The number of carbonyl (C=O) groups excluding carboxylic acids is 3. The van der Waals surface area contributed by atoms with Gasteiger partial charge in [0.05, 0.1) is 45.0 Å². The van der Waals surface area contributed by atoms with Crippen molar-refractivity contribution in [2.24, 2.45) is 5.92 Å². The van der Waals surface area contributed by atoms with Gasteiger partial charge in [0.2, 0.25) is 0 Å². The molecule has 2 aromatic heterocycles. The fourth-order valence-corrected chi connectivity index (χ4v) is 8.91. The molecule has 12 heteroatoms. The zero-order valence-corrected chi connectivity index (χ0v) is 32.9. The zero-order chi connectivity index (χ0) is 39.3. The van der Waals surface area contributed by atoms with Gasteiger partial charge >= 0.3 is 5.97 Å². The number of benzene rings is 4. The van der Waals surface area contributed by atoms with Crippen LogP contribution in [0.2, 0.25) is 4.34 Å². The highest BCUT2D eigenvalue weighted by Crippen LogP contribution is 2.34. The van der Waals surface area contributed by atoms with E-state index in [-0.39, 0.29) is 24.3 Å². The lowest BCUT2D eigenvalue weighted by atomic mass is 9.98. The number of rotatable bonds is 11. The molecule has 0 radical (unpaired) electrons. The molecule has 4 aromatic carbocycles. The van der Waals surface area contributed by atoms with E-state index in [0.29, 0.717) is 58.8 Å². The first-order chi connectivity index (χ1) is 27.8. The summed E-state index contributed by atoms with van der Waals surface area (Å²) < 4.78 is 8.90. The lowest BCUT2D eigenvalue weighted by Gasteiger charge is -2.36. The fraction of sp³-hybridized carbons (Fsp3) is 0.267. The van der Waals surface area contributed by atoms with Gasteiger partial charge in [0.1, 0.15) is 0 Å². The Kier molecular flexibility index (Phi) is 11.3. The van der Waals surface area contributed by atoms with Crippen LogP contribution in [0, 0.1) is 17.2 Å². The van der Waals surface area contributed by atoms with Crippen molar-refractivity contribution in [2.45, 2.75) is 44.9 Å². The van der Waals surface area contributed by atoms with E-state index >= 15 is 4.79 Å². The highest BCUT2D eigenvalue weighted by atomic mass is 35.5. The van der Waals surface area contributed by atoms with E-state index in [2.05, 4.69) is 16.0 Å². The SMILES string of the molecule is N#Cc1ccc(Cn2cncc2CN(C(=O)C(OC(=O)c2cccc3ccccc23)C2CCCC2)c2ccc(N3CCN(C(=O)c4ccc(Cl)s4)CC3)cc2)cc1. The van der Waals surface area contributed by atoms with Gasteiger partial charge < -0.3 is 24.0 Å². The van der Waals surface area contributed by atoms with E-state index in [9.17, 15) is 14.9 Å². The summed E-state index contributed by atoms with van der Waals surface area (Å²) in [6.07, 6.45) is 6.02. The van der Waals surface area contributed by atoms with Gasteiger partial charge in [0, 0.05) is 56.2 Å². The maximum atomic E-state index is 15.1. The van der Waals surface area contributed by atoms with Crippen molar-refractivity contribution >= 4 is 62.9 Å². The second-order valence-corrected chi connectivity index (χ2v) is 16.3. The second-order valence-electron chi connectivity index (χ2n) is 14.5. The number of hydrogen-bond donors (Lipinski definition) is 0. The van der Waals surface area contributed by atoms with E-state index in [4.69, 9.17) is 16.3 Å². The van der Waals surface area contributed by atoms with Crippen molar-refractivity contribution in [3.63, 3.8) is 0 Å². The van der Waals surface area contributed by atoms with Crippen LogP contribution in [0.25, 0.3) is 10.8 Å². The Morgan fingerprint density at radius 3 is 2.35 bits per heavy atom. The van der Waals surface area contributed by atoms with Crippen LogP contribution in [-0.4, -0.2) is 64.5 Å². The molecule has 2 aliphatic rings. The van der Waals surface area contributed by atoms with Crippen LogP contribution < -0.4 is 9.80 Å². The van der Waals surface area contributed by atoms with E-state index in [0.717, 1.165) is 53.4 Å². The van der Waals surface area contributed by atoms with Crippen molar-refractivity contribution in [3.8, 4) is 6.07 Å². The van der Waals surface area contributed by atoms with Gasteiger partial charge in [-0.2, -0.15) is 5.26 Å². The number of thiophene rings is 1. The molecule has 1 aliphatic heterocycles. The van der Waals surface area contributed by atoms with Crippen LogP contribution in [0.5, 0.6) is 0 Å². The van der Waals surface area contributed by atoms with E-state index < -0.39 is 12.1 Å². The normalized spacial score (nSPS) is 15.0. The van der Waals surface area contributed by atoms with Crippen molar-refractivity contribution < 1.29 is 19.1 Å². The third kappa shape index (κ3) is 8.43. The molecule has 1 saturated carbocycles. The largest absolute Gasteiger partial charge is 0.448 e. The van der Waals surface area contributed by atoms with Gasteiger partial charge in [-0.3, -0.25) is 9.59 Å². The number of hydrogen-bond acceptors (Lipinski definition) is 8. The van der Waals surface area contributed by atoms with Crippen molar-refractivity contribution in [3.05, 3.63) is 147 Å². The average Bonchev–Trinajstić information content (AvgIpc) is 4.05. The smallest absolute Gasteiger partial charge is 0.339 e. The number of amides is 2. The van der Waals surface area contributed by atoms with Crippen molar-refractivity contribution in [1.82, 2.24) is 14.5 Å². The lowest BCUT2D eigenvalue weighted by Crippen LogP contribution is -2.48. The van der Waals surface area contributed by atoms with E-state index in [1.54, 1.807) is 47.8 Å². The quantitative estimate of drug-likeness (QED) is 0.121. The second kappa shape index (κ2) is 17.0. The summed E-state index contributed by atoms with van der Waals surface area (Å²) in [7, 11) is 0. The number of esters is 1. The number of halogens is 1. The topological polar surface area (TPSA) is 112 Å². The van der Waals surface area contributed by atoms with Gasteiger partial charge in [0.25, 0.3) is 11.8 Å². The Morgan fingerprint density at radius 1 is 0.895 bits per heavy atom. The predicted molar refractivity (Wildman–Crippen MR) is 223 cm³/mol. The minimum Gasteiger partial charge on any atom is -0.448 e. The lowest BCUT2D eigenvalue weighted by molar-refractivity contribution is -0.130. The van der Waals surface area contributed by atoms with Gasteiger partial charge in [-0.1, -0.05) is 73.0 Å². The molecule has 2 amide bonds. The summed E-state index contributed by atoms with van der Waals surface area (Å²) in [6.45, 7) is 3.17. The molecular formula is C45H41ClN6O4S. The third-order valence-corrected chi connectivity index (χ3v) is 12.2. The highest BCUT2D eigenvalue weighted by molar-refractivity contribution is 7.18. The van der Waals surface area contributed by atoms with Crippen LogP contribution in [0.3, 0.4) is 0 Å². The molecule has 1 atom stereocenters. The first-order valence-electron chi connectivity index (χ1n) is 19.2. The Balaban J connectivity index is 1.07. The van der Waals surface area contributed by atoms with Crippen molar-refractivity contribution in [1.29, 1.82) is 5.26 Å². The van der Waals surface area contributed by atoms with E-state index in [1.807, 2.05) is 82.3 Å². The Bertz CT molecular complexity index is 2420. The van der Waals surface area contributed by atoms with Crippen LogP contribution in [0.1, 0.15) is 62.5 Å². The Morgan fingerprint density at radius 2 is 1.63 bits per heavy atom. The zero-order valence-electron chi connectivity index (χ0n) is 31.3. The summed E-state index contributed by atoms with van der Waals surface area (Å²) >= 11 is 7.38. The Labute approximate surface area is 340 Å². The predicted octanol–water partition coefficient (Wildman–Crippen LogP) is 8.58. The monoisotopic (exact) mass is 796 g/mol. The molecule has 8 rings (SSSR count). The first kappa shape index (κ1) is 37.9. The maximum Gasteiger partial charge on any atom is 0.339 e. The molecule has 0 N–H and O–H groups in total. The highest BCUT2D eigenvalue weighted by Gasteiger charge is 2.38. The number of nitriles is 1. The molecule has 10 nitrogen and oxygen atoms in total. The van der Waals surface area contributed by atoms with Gasteiger partial charge in [-0.15, -0.1) is 11.3 Å². The maximum absolute atomic E-state index is 15.1. The molecule has 3 heterocycles. The van der Waals surface area contributed by atoms with Crippen LogP contribution in [-0.2, 0) is 22.6 Å². The number of imidazole rings is 1. The van der Waals surface area contributed by atoms with Crippen molar-refractivity contribution in [2.75, 3.05) is 36.0 Å². The van der Waals surface area contributed by atoms with Gasteiger partial charge in [-0.05, 0) is 83.8 Å². The number of piperazine rings is 1. The number of aromatic nitrogens is 2. The summed E-state index contributed by atoms with van der Waals surface area (Å²) in [6, 6.07) is 34.2. The van der Waals surface area contributed by atoms with E-state index in [1.165, 1.54) is 11.3 Å². The standard InChI is InChI=1S/C45H41ClN6O4S/c46-41-21-20-40(57-41)43(53)50-24-22-49(23-25-50)35-16-18-36(19-17-35)52(29-37-27-48-30-51(37)28-32-14-12-31(26-47)13-15-32)44(54)42(34-7-1-2-8-34)56-45(55)39-11-5-9-33-6-3-4-10-38(33)39/h3-6,9-21,27,30,34,42H,1-2,7-8,22-25,28-29H2. The minimum atomic E-state index is -0.989. The molecule has 1 unspecified atom stereocenters. The fourth-order valence-electron chi connectivity index (χ4n) is 7.90. The summed E-state index contributed by atoms with van der Waals surface area (Å²) in [4.78, 5) is 53.0. The summed E-state index contributed by atoms with van der Waals surface area (Å²) in [5, 5.41) is 11.0. The van der Waals surface area contributed by atoms with Gasteiger partial charge in [-0.25, -0.2) is 9.78 Å². The number of carbonyl (C=O) groups is 3. The molecule has 6 aromatic rings. The van der Waals surface area contributed by atoms with Crippen LogP contribution in [0.15, 0.2) is 116 Å². The van der Waals surface area contributed by atoms with Gasteiger partial charge in [0.15, 0.2) is 6.10 Å². The van der Waals surface area contributed by atoms with Crippen LogP contribution in [0.4, 0.5) is 11.4 Å². The number of fused-ring (bicyclic) bond motifs is 1. The summed E-state index contributed by atoms with van der Waals surface area (Å²) in [5.41, 5.74) is 4.46. The molecule has 0 spiro atoms. The molecule has 0 bridgehead atoms. The molecule has 57 heavy (non-hydrogen) atoms. The average molecular weight is 797 g/mol. The third-order valence-electron chi connectivity index (χ3n) is 11.0. The Hall–Kier alpha value is -5.96. The molecular weight excluding hydrogens is 756 g/mol. The molecule has 288 valence electrons. The number of nitrogens with zero attached hydrogens (tertiary/aromatic N) is 6. The molecule has 1 saturated heterocycles. The van der Waals surface area contributed by atoms with Crippen LogP contribution >= 0.6 is 22.9 Å². The minimum absolute atomic E-state index is 0.00700. The first-order valence-corrected chi connectivity index (χ1v) is 20.4. The number of anilines is 2. The summed E-state index contributed by atoms with van der Waals surface area (Å²) in [5.74, 6) is -0.924. The molecule has 2 fully saturated rings. The number of ether oxygens (including phenoxy) is 1.